The number of nitrogens with zero attached hydrogens (tertiary/aromatic N) is 15. The van der Waals surface area contributed by atoms with Gasteiger partial charge in [0.2, 0.25) is 0 Å². The minimum absolute atomic E-state index is 0. The fourth-order valence-electron chi connectivity index (χ4n) is 9.69. The number of alkyl halides is 1. The van der Waals surface area contributed by atoms with Crippen molar-refractivity contribution in [2.45, 2.75) is 220 Å². The van der Waals surface area contributed by atoms with Gasteiger partial charge in [-0.1, -0.05) is 106 Å². The number of carboxylic acid groups (broad SMARTS) is 1. The molecule has 3 aromatic carbocycles. The number of methoxy groups -OCH3 is 2. The first-order valence-electron chi connectivity index (χ1n) is 37.8. The molecule has 0 saturated carbocycles. The van der Waals surface area contributed by atoms with Crippen molar-refractivity contribution in [2.24, 2.45) is 31.3 Å². The van der Waals surface area contributed by atoms with Crippen molar-refractivity contribution in [3.05, 3.63) is 129 Å². The second kappa shape index (κ2) is 89.6. The van der Waals surface area contributed by atoms with Crippen LogP contribution in [0.15, 0.2) is 62.0 Å². The van der Waals surface area contributed by atoms with Crippen LogP contribution >= 0.6 is 15.9 Å². The standard InChI is InChI=1S/C28H45N7O6.C22H35N7O4.C16H23NO6.C6H12BrN3.CH2F.CH2O3.2Cs.3Sb.5H/c1-28(2,3)41-27(37)31-15-13-14-23-24(39-18-11-7-5-9-16-32-34-29)20-22(26(36)38-4)21-25(23)40-19-12-8-6-10-17-33-35-30;23-11-9-10-19-20(32-14-7-3-1-5-12-26-28-24)16-18(22(30)31)17-21(19)33-15-8-4-2-6-13-27-29-25;1-16(2,3)23-15(21)17-7-5-6-11-12(18)8-10(9-13(11)19)14(20)22-4;7-5-3-1-2-4-6-9-10-8;1-2;2-1-4-3;;;;;;;;;;/h20-21H,5-19H2,1-4H3,(H,31,37);16-17H,1-15,23H2,(H,30,31);8-9,18-19H,5-7H2,1-4H3,(H,17,21);1-6H2;1H2;1,3H;;;;;;;;;;/q;;;;-1;;2*+1;;;;;;;;/i/hD. The number of phenols is 2. The number of rotatable bonds is 54. The zero-order valence-electron chi connectivity index (χ0n) is 71.4. The number of carboxylic acids is 1. The summed E-state index contributed by atoms with van der Waals surface area (Å²) in [5, 5.41) is 56.4. The molecule has 0 aromatic heterocycles. The van der Waals surface area contributed by atoms with Gasteiger partial charge in [-0.05, 0) is 215 Å². The van der Waals surface area contributed by atoms with Crippen molar-refractivity contribution in [1.82, 2.24) is 10.6 Å². The van der Waals surface area contributed by atoms with Crippen LogP contribution in [0.2, 0.25) is 0 Å². The van der Waals surface area contributed by atoms with Crippen LogP contribution in [0, 0.1) is 7.18 Å². The molecule has 0 bridgehead atoms. The fourth-order valence-corrected chi connectivity index (χ4v) is 10.1. The van der Waals surface area contributed by atoms with E-state index in [1.807, 2.05) is 20.8 Å². The molecule has 118 heavy (non-hydrogen) atoms. The summed E-state index contributed by atoms with van der Waals surface area (Å²) in [7, 11) is 4.29. The molecule has 0 fully saturated rings. The third kappa shape index (κ3) is 74.9. The van der Waals surface area contributed by atoms with Crippen molar-refractivity contribution in [3.8, 4) is 34.5 Å². The van der Waals surface area contributed by atoms with E-state index < -0.39 is 41.3 Å². The van der Waals surface area contributed by atoms with E-state index in [1.54, 1.807) is 52.2 Å². The third-order valence-electron chi connectivity index (χ3n) is 14.9. The molecule has 0 unspecified atom stereocenters. The zero-order chi connectivity index (χ0) is 85.9. The van der Waals surface area contributed by atoms with Gasteiger partial charge in [0, 0.05) is 92.4 Å². The normalized spacial score (nSPS) is 9.78. The van der Waals surface area contributed by atoms with E-state index in [9.17, 15) is 43.7 Å². The molecule has 0 aliphatic heterocycles. The molecule has 4 radical (unpaired) electrons. The Morgan fingerprint density at radius 3 is 1.03 bits per heavy atom. The maximum absolute atomic E-state index is 12.4. The Balaban J connectivity index is -0.000000236. The van der Waals surface area contributed by atoms with Crippen molar-refractivity contribution in [1.29, 1.82) is 1.43 Å². The average Bonchev–Trinajstić information content (AvgIpc) is 0.823. The number of amides is 2. The number of alkyl carbamates (subject to hydrolysis) is 2. The SMILES string of the molecule is COC(=O)c1cc(O)c(CCCNC(=O)OC(C)(C)C)c(O)c1.COC(=O)c1cc(OCCCCCCN=[N+]=[N-])c(CCCNC(=O)OC(C)(C)C)c(OCCCCCCN=[N+]=[N-])c1.[2H]OOC=O.[CH2-]F.[Cs+].[Cs+].[N-]=[N+]=NCCCCCCBr.[N-]=[N+]=NCCCCCCOc1cc(C(=O)O)cc(OCCCCCCN=[N+]=[N-])c1CCCN.[SbH2].[SbH2].[SbH]. The molecule has 44 heteroatoms. The molecule has 0 saturated heterocycles. The van der Waals surface area contributed by atoms with E-state index in [0.717, 1.165) is 132 Å². The predicted octanol–water partition coefficient (Wildman–Crippen LogP) is 10.7. The van der Waals surface area contributed by atoms with Crippen LogP contribution in [0.1, 0.15) is 237 Å². The van der Waals surface area contributed by atoms with Gasteiger partial charge in [0.05, 0.1) is 57.3 Å². The molecule has 37 nitrogen and oxygen atoms in total. The van der Waals surface area contributed by atoms with Gasteiger partial charge in [0.15, 0.2) is 0 Å². The molecule has 0 spiro atoms. The molecular formula is C74H124BrCs2FN18O19Sb3+. The summed E-state index contributed by atoms with van der Waals surface area (Å²) in [6, 6.07) is 8.93. The minimum atomic E-state index is -1.04. The number of unbranched alkanes of at least 4 members (excludes halogenated alkanes) is 15. The Morgan fingerprint density at radius 1 is 0.492 bits per heavy atom. The average molecular weight is 2300 g/mol. The number of hydrogen-bond donors (Lipinski definition) is 7. The number of halogens is 2. The first kappa shape index (κ1) is 127. The number of nitrogens with two attached hydrogens (primary N) is 1. The number of nitrogens with one attached hydrogen (secondary N) is 2. The van der Waals surface area contributed by atoms with Gasteiger partial charge in [-0.25, -0.2) is 29.2 Å². The van der Waals surface area contributed by atoms with E-state index in [-0.39, 0.29) is 240 Å². The quantitative estimate of drug-likeness (QED) is 0.00224. The second-order valence-corrected chi connectivity index (χ2v) is 27.1. The van der Waals surface area contributed by atoms with Crippen LogP contribution in [0.4, 0.5) is 14.0 Å². The van der Waals surface area contributed by atoms with Gasteiger partial charge >= 0.3 is 248 Å². The van der Waals surface area contributed by atoms with Crippen molar-refractivity contribution >= 4 is 126 Å². The molecule has 2 amide bonds. The summed E-state index contributed by atoms with van der Waals surface area (Å²) in [5.74, 6) is -0.407. The van der Waals surface area contributed by atoms with E-state index in [4.69, 9.17) is 72.8 Å². The zero-order valence-corrected chi connectivity index (χ0v) is 94.0. The molecule has 3 rings (SSSR count). The van der Waals surface area contributed by atoms with Crippen LogP contribution in [0.3, 0.4) is 0 Å². The Labute approximate surface area is 872 Å². The van der Waals surface area contributed by atoms with E-state index in [0.29, 0.717) is 145 Å². The third-order valence-corrected chi connectivity index (χ3v) is 15.5. The van der Waals surface area contributed by atoms with E-state index in [1.165, 1.54) is 45.6 Å². The Morgan fingerprint density at radius 2 is 0.771 bits per heavy atom. The number of esters is 2. The number of hydrogen-bond acceptors (Lipinski definition) is 24. The summed E-state index contributed by atoms with van der Waals surface area (Å²) in [6.07, 6.45) is 20.9. The summed E-state index contributed by atoms with van der Waals surface area (Å²) in [6.45, 7) is 16.4. The number of ether oxygens (including phenoxy) is 8. The molecule has 0 aliphatic carbocycles. The molecule has 0 heterocycles. The van der Waals surface area contributed by atoms with Crippen molar-refractivity contribution < 1.29 is 234 Å². The van der Waals surface area contributed by atoms with Gasteiger partial charge in [0.1, 0.15) is 45.7 Å². The van der Waals surface area contributed by atoms with Gasteiger partial charge < -0.3 is 78.9 Å². The molecular weight excluding hydrogens is 2170 g/mol. The van der Waals surface area contributed by atoms with Crippen LogP contribution in [-0.2, 0) is 47.9 Å². The van der Waals surface area contributed by atoms with Crippen LogP contribution in [0.5, 0.6) is 34.5 Å². The van der Waals surface area contributed by atoms with Crippen LogP contribution in [-0.4, -0.2) is 240 Å². The summed E-state index contributed by atoms with van der Waals surface area (Å²) in [5.41, 5.74) is 48.3. The monoisotopic (exact) mass is 2300 g/mol. The number of benzene rings is 3. The van der Waals surface area contributed by atoms with Crippen LogP contribution < -0.4 is 173 Å². The van der Waals surface area contributed by atoms with Gasteiger partial charge in [-0.15, -0.1) is 0 Å². The first-order chi connectivity index (χ1) is 54.8. The molecule has 654 valence electrons. The second-order valence-electron chi connectivity index (χ2n) is 26.3. The predicted molar refractivity (Wildman–Crippen MR) is 453 cm³/mol. The Kier molecular flexibility index (Phi) is 96.8. The van der Waals surface area contributed by atoms with Crippen molar-refractivity contribution in [2.75, 3.05) is 98.3 Å². The molecule has 0 atom stereocenters. The maximum atomic E-state index is 12.4. The fraction of sp³-hybridized carbons (Fsp3) is 0.662. The van der Waals surface area contributed by atoms with Crippen LogP contribution in [0.25, 0.3) is 53.6 Å². The summed E-state index contributed by atoms with van der Waals surface area (Å²) >= 11 is 3.35. The van der Waals surface area contributed by atoms with Gasteiger partial charge in [-0.3, -0.25) is 4.79 Å². The summed E-state index contributed by atoms with van der Waals surface area (Å²) in [4.78, 5) is 84.9. The molecule has 3 aromatic rings. The van der Waals surface area contributed by atoms with E-state index >= 15 is 0 Å². The topological polar surface area (TPSA) is 560 Å². The number of carbonyl (C=O) groups is 6. The van der Waals surface area contributed by atoms with Gasteiger partial charge in [0.25, 0.3) is 1.43 Å². The number of phenolic OH excluding ortho intramolecular Hbond substituents is 2. The Bertz CT molecular complexity index is 3330. The number of carbonyl (C=O) groups excluding carboxylic acids is 5. The molecule has 0 aliphatic rings. The summed E-state index contributed by atoms with van der Waals surface area (Å²) < 4.78 is 59.0. The van der Waals surface area contributed by atoms with Gasteiger partial charge in [-0.2, -0.15) is 7.18 Å². The number of aromatic carboxylic acids is 1. The van der Waals surface area contributed by atoms with E-state index in [2.05, 4.69) is 91.6 Å². The first-order valence-corrected chi connectivity index (χ1v) is 38.5. The Hall–Kier alpha value is -3.68. The number of aromatic hydroxyl groups is 2. The number of azide groups is 5. The van der Waals surface area contributed by atoms with Crippen molar-refractivity contribution in [3.63, 3.8) is 0 Å². The molecule has 8 N–H and O–H groups in total.